The molecular formula is C11H15Cl2NS. The van der Waals surface area contributed by atoms with E-state index in [9.17, 15) is 0 Å². The molecule has 0 bridgehead atoms. The van der Waals surface area contributed by atoms with Crippen LogP contribution in [0.5, 0.6) is 0 Å². The summed E-state index contributed by atoms with van der Waals surface area (Å²) in [6.45, 7) is 3.97. The summed E-state index contributed by atoms with van der Waals surface area (Å²) in [5.74, 6) is 0. The van der Waals surface area contributed by atoms with E-state index < -0.39 is 0 Å². The predicted octanol–water partition coefficient (Wildman–Crippen LogP) is 3.83. The Kier molecular flexibility index (Phi) is 5.83. The van der Waals surface area contributed by atoms with Gasteiger partial charge >= 0.3 is 0 Å². The molecular weight excluding hydrogens is 249 g/mol. The zero-order chi connectivity index (χ0) is 11.3. The van der Waals surface area contributed by atoms with E-state index in [1.165, 1.54) is 0 Å². The summed E-state index contributed by atoms with van der Waals surface area (Å²) < 4.78 is 0. The van der Waals surface area contributed by atoms with Crippen LogP contribution in [-0.4, -0.2) is 18.1 Å². The van der Waals surface area contributed by atoms with Crippen molar-refractivity contribution in [3.05, 3.63) is 33.8 Å². The molecule has 1 aromatic carbocycles. The standard InChI is InChI=1S/C11H15Cl2NS/c1-8(15-2)6-14-7-9-3-4-10(12)5-11(9)13/h3-5,8,14H,6-7H2,1-2H3. The fraction of sp³-hybridized carbons (Fsp3) is 0.455. The fourth-order valence-electron chi connectivity index (χ4n) is 1.16. The Hall–Kier alpha value is 0.110. The molecule has 0 radical (unpaired) electrons. The third-order valence-corrected chi connectivity index (χ3v) is 3.72. The molecule has 0 saturated heterocycles. The Bertz CT molecular complexity index is 317. The molecule has 15 heavy (non-hydrogen) atoms. The van der Waals surface area contributed by atoms with Gasteiger partial charge in [-0.3, -0.25) is 0 Å². The van der Waals surface area contributed by atoms with Crippen molar-refractivity contribution in [1.82, 2.24) is 5.32 Å². The van der Waals surface area contributed by atoms with Gasteiger partial charge in [0, 0.05) is 28.4 Å². The van der Waals surface area contributed by atoms with Gasteiger partial charge in [0.1, 0.15) is 0 Å². The fourth-order valence-corrected chi connectivity index (χ4v) is 1.92. The summed E-state index contributed by atoms with van der Waals surface area (Å²) in [7, 11) is 0. The number of rotatable bonds is 5. The molecule has 1 atom stereocenters. The maximum absolute atomic E-state index is 6.05. The minimum absolute atomic E-state index is 0.621. The van der Waals surface area contributed by atoms with Crippen molar-refractivity contribution < 1.29 is 0 Å². The van der Waals surface area contributed by atoms with E-state index in [1.54, 1.807) is 6.07 Å². The average molecular weight is 264 g/mol. The highest BCUT2D eigenvalue weighted by atomic mass is 35.5. The van der Waals surface area contributed by atoms with Gasteiger partial charge in [-0.25, -0.2) is 0 Å². The van der Waals surface area contributed by atoms with Crippen molar-refractivity contribution >= 4 is 35.0 Å². The molecule has 84 valence electrons. The lowest BCUT2D eigenvalue weighted by molar-refractivity contribution is 0.685. The summed E-state index contributed by atoms with van der Waals surface area (Å²) in [6.07, 6.45) is 2.11. The molecule has 0 spiro atoms. The van der Waals surface area contributed by atoms with Crippen LogP contribution in [-0.2, 0) is 6.54 Å². The Balaban J connectivity index is 2.44. The summed E-state index contributed by atoms with van der Waals surface area (Å²) in [5, 5.41) is 5.40. The van der Waals surface area contributed by atoms with Crippen LogP contribution in [0.4, 0.5) is 0 Å². The first-order valence-corrected chi connectivity index (χ1v) is 6.85. The molecule has 0 amide bonds. The molecule has 0 heterocycles. The van der Waals surface area contributed by atoms with Crippen LogP contribution in [0, 0.1) is 0 Å². The topological polar surface area (TPSA) is 12.0 Å². The molecule has 1 N–H and O–H groups in total. The quantitative estimate of drug-likeness (QED) is 0.867. The molecule has 0 aliphatic carbocycles. The number of hydrogen-bond acceptors (Lipinski definition) is 2. The van der Waals surface area contributed by atoms with Gasteiger partial charge in [-0.1, -0.05) is 36.2 Å². The van der Waals surface area contributed by atoms with E-state index in [4.69, 9.17) is 23.2 Å². The maximum Gasteiger partial charge on any atom is 0.0465 e. The predicted molar refractivity (Wildman–Crippen MR) is 71.1 cm³/mol. The highest BCUT2D eigenvalue weighted by Gasteiger charge is 2.02. The second-order valence-electron chi connectivity index (χ2n) is 3.41. The van der Waals surface area contributed by atoms with Crippen LogP contribution in [0.1, 0.15) is 12.5 Å². The Morgan fingerprint density at radius 1 is 1.40 bits per heavy atom. The lowest BCUT2D eigenvalue weighted by Crippen LogP contribution is -2.22. The maximum atomic E-state index is 6.05. The van der Waals surface area contributed by atoms with E-state index >= 15 is 0 Å². The van der Waals surface area contributed by atoms with Crippen molar-refractivity contribution in [3.63, 3.8) is 0 Å². The van der Waals surface area contributed by atoms with Crippen molar-refractivity contribution in [2.45, 2.75) is 18.7 Å². The summed E-state index contributed by atoms with van der Waals surface area (Å²) in [6, 6.07) is 5.60. The third kappa shape index (κ3) is 4.64. The molecule has 1 unspecified atom stereocenters. The van der Waals surface area contributed by atoms with E-state index in [0.717, 1.165) is 23.7 Å². The summed E-state index contributed by atoms with van der Waals surface area (Å²) in [5.41, 5.74) is 1.09. The van der Waals surface area contributed by atoms with Gasteiger partial charge in [0.05, 0.1) is 0 Å². The molecule has 0 saturated carbocycles. The highest BCUT2D eigenvalue weighted by Crippen LogP contribution is 2.20. The highest BCUT2D eigenvalue weighted by molar-refractivity contribution is 7.99. The first-order chi connectivity index (χ1) is 7.13. The largest absolute Gasteiger partial charge is 0.312 e. The van der Waals surface area contributed by atoms with Crippen molar-refractivity contribution in [3.8, 4) is 0 Å². The molecule has 0 fully saturated rings. The lowest BCUT2D eigenvalue weighted by atomic mass is 10.2. The first-order valence-electron chi connectivity index (χ1n) is 4.81. The Labute approximate surface area is 106 Å². The van der Waals surface area contributed by atoms with E-state index in [2.05, 4.69) is 18.5 Å². The van der Waals surface area contributed by atoms with Gasteiger partial charge in [-0.05, 0) is 24.0 Å². The van der Waals surface area contributed by atoms with Crippen molar-refractivity contribution in [2.75, 3.05) is 12.8 Å². The van der Waals surface area contributed by atoms with Crippen molar-refractivity contribution in [2.24, 2.45) is 0 Å². The second-order valence-corrected chi connectivity index (χ2v) is 5.53. The average Bonchev–Trinajstić information content (AvgIpc) is 2.21. The third-order valence-electron chi connectivity index (χ3n) is 2.16. The number of halogens is 2. The number of thioether (sulfide) groups is 1. The van der Waals surface area contributed by atoms with Crippen LogP contribution in [0.3, 0.4) is 0 Å². The van der Waals surface area contributed by atoms with Crippen LogP contribution in [0.15, 0.2) is 18.2 Å². The van der Waals surface area contributed by atoms with Crippen LogP contribution in [0.25, 0.3) is 0 Å². The molecule has 0 aliphatic heterocycles. The van der Waals surface area contributed by atoms with E-state index in [0.29, 0.717) is 10.3 Å². The van der Waals surface area contributed by atoms with E-state index in [-0.39, 0.29) is 0 Å². The molecule has 0 aliphatic rings. The number of hydrogen-bond donors (Lipinski definition) is 1. The Morgan fingerprint density at radius 3 is 2.73 bits per heavy atom. The van der Waals surface area contributed by atoms with Crippen molar-refractivity contribution in [1.29, 1.82) is 0 Å². The van der Waals surface area contributed by atoms with Gasteiger partial charge in [0.2, 0.25) is 0 Å². The normalized spacial score (nSPS) is 12.8. The van der Waals surface area contributed by atoms with E-state index in [1.807, 2.05) is 23.9 Å². The molecule has 0 aromatic heterocycles. The van der Waals surface area contributed by atoms with Gasteiger partial charge in [0.15, 0.2) is 0 Å². The lowest BCUT2D eigenvalue weighted by Gasteiger charge is -2.10. The van der Waals surface area contributed by atoms with Crippen LogP contribution >= 0.6 is 35.0 Å². The van der Waals surface area contributed by atoms with Crippen LogP contribution < -0.4 is 5.32 Å². The smallest absolute Gasteiger partial charge is 0.0465 e. The molecule has 1 aromatic rings. The molecule has 1 rings (SSSR count). The van der Waals surface area contributed by atoms with Gasteiger partial charge < -0.3 is 5.32 Å². The minimum atomic E-state index is 0.621. The minimum Gasteiger partial charge on any atom is -0.312 e. The first kappa shape index (κ1) is 13.2. The summed E-state index contributed by atoms with van der Waals surface area (Å²) >= 11 is 13.7. The molecule has 1 nitrogen and oxygen atoms in total. The number of nitrogens with one attached hydrogen (secondary N) is 1. The SMILES string of the molecule is CSC(C)CNCc1ccc(Cl)cc1Cl. The Morgan fingerprint density at radius 2 is 2.13 bits per heavy atom. The zero-order valence-corrected chi connectivity index (χ0v) is 11.2. The summed E-state index contributed by atoms with van der Waals surface area (Å²) in [4.78, 5) is 0. The van der Waals surface area contributed by atoms with Crippen LogP contribution in [0.2, 0.25) is 10.0 Å². The van der Waals surface area contributed by atoms with Gasteiger partial charge in [-0.15, -0.1) is 0 Å². The monoisotopic (exact) mass is 263 g/mol. The second kappa shape index (κ2) is 6.64. The molecule has 4 heteroatoms. The number of benzene rings is 1. The zero-order valence-electron chi connectivity index (χ0n) is 8.89. The van der Waals surface area contributed by atoms with Gasteiger partial charge in [-0.2, -0.15) is 11.8 Å². The van der Waals surface area contributed by atoms with Gasteiger partial charge in [0.25, 0.3) is 0 Å².